The number of carbonyl (C=O) groups is 1. The van der Waals surface area contributed by atoms with Gasteiger partial charge in [-0.1, -0.05) is 30.9 Å². The van der Waals surface area contributed by atoms with Crippen LogP contribution >= 0.6 is 0 Å². The van der Waals surface area contributed by atoms with E-state index in [1.165, 1.54) is 0 Å². The molecule has 14 heteroatoms. The van der Waals surface area contributed by atoms with E-state index in [2.05, 4.69) is 57.2 Å². The lowest BCUT2D eigenvalue weighted by Gasteiger charge is -2.41. The molecule has 0 aliphatic carbocycles. The molecule has 4 atom stereocenters. The molecule has 250 valence electrons. The number of fused-ring (bicyclic) bond motifs is 3. The third kappa shape index (κ3) is 6.50. The summed E-state index contributed by atoms with van der Waals surface area (Å²) in [4.78, 5) is 15.6. The zero-order valence-corrected chi connectivity index (χ0v) is 28.7. The second kappa shape index (κ2) is 13.0. The normalized spacial score (nSPS) is 23.0. The van der Waals surface area contributed by atoms with Crippen LogP contribution in [0.15, 0.2) is 36.7 Å². The minimum absolute atomic E-state index is 0.0467. The SMILES string of the molecule is CN(c1ccc(-c2ccc(-c3cnn(C4CCCCO4)c3)c3nnn(COCC[Si](C)(C)C)c23)nn1)[C@@H]1C[C@H]2CC[C@@H](C1)N2C(=O)O. The van der Waals surface area contributed by atoms with Gasteiger partial charge in [-0.15, -0.1) is 15.3 Å². The van der Waals surface area contributed by atoms with Crippen LogP contribution in [0.3, 0.4) is 0 Å². The zero-order valence-electron chi connectivity index (χ0n) is 27.7. The van der Waals surface area contributed by atoms with Gasteiger partial charge in [-0.05, 0) is 69.2 Å². The van der Waals surface area contributed by atoms with E-state index in [0.29, 0.717) is 6.61 Å². The van der Waals surface area contributed by atoms with E-state index in [9.17, 15) is 9.90 Å². The van der Waals surface area contributed by atoms with Crippen molar-refractivity contribution in [3.8, 4) is 22.4 Å². The fraction of sp³-hybridized carbons (Fsp3) is 0.576. The molecule has 7 rings (SSSR count). The molecular formula is C33H45N9O4Si. The first-order valence-corrected chi connectivity index (χ1v) is 20.6. The van der Waals surface area contributed by atoms with Crippen LogP contribution in [0.1, 0.15) is 51.2 Å². The molecule has 47 heavy (non-hydrogen) atoms. The van der Waals surface area contributed by atoms with Crippen LogP contribution in [0.5, 0.6) is 0 Å². The van der Waals surface area contributed by atoms with E-state index in [-0.39, 0.29) is 31.1 Å². The standard InChI is InChI=1S/C33H45N9O4Si/c1-39(25-17-23-8-9-24(18-25)42(23)33(43)44)29-13-12-28(35-36-29)27-11-10-26(22-19-34-40(20-22)30-7-5-6-14-46-30)31-32(27)41(38-37-31)21-45-15-16-47(2,3)4/h10-13,19-20,23-25,30H,5-9,14-18,21H2,1-4H3,(H,43,44)/t23-,24+,25-,30?. The number of piperidine rings is 1. The van der Waals surface area contributed by atoms with Gasteiger partial charge in [0.05, 0.1) is 11.9 Å². The van der Waals surface area contributed by atoms with Gasteiger partial charge in [0.25, 0.3) is 0 Å². The number of anilines is 1. The van der Waals surface area contributed by atoms with Gasteiger partial charge in [-0.25, -0.2) is 14.2 Å². The lowest BCUT2D eigenvalue weighted by Crippen LogP contribution is -2.51. The molecule has 3 saturated heterocycles. The molecule has 3 aromatic heterocycles. The van der Waals surface area contributed by atoms with E-state index < -0.39 is 14.2 Å². The van der Waals surface area contributed by atoms with Crippen molar-refractivity contribution in [2.24, 2.45) is 0 Å². The lowest BCUT2D eigenvalue weighted by molar-refractivity contribution is -0.0394. The van der Waals surface area contributed by atoms with E-state index in [0.717, 1.165) is 96.8 Å². The minimum Gasteiger partial charge on any atom is -0.465 e. The van der Waals surface area contributed by atoms with Crippen molar-refractivity contribution in [3.05, 3.63) is 36.7 Å². The van der Waals surface area contributed by atoms with Gasteiger partial charge in [-0.2, -0.15) is 5.10 Å². The van der Waals surface area contributed by atoms with E-state index in [1.54, 1.807) is 4.90 Å². The van der Waals surface area contributed by atoms with Crippen molar-refractivity contribution < 1.29 is 19.4 Å². The molecule has 3 fully saturated rings. The monoisotopic (exact) mass is 659 g/mol. The third-order valence-electron chi connectivity index (χ3n) is 10.00. The number of amides is 1. The molecule has 1 N–H and O–H groups in total. The van der Waals surface area contributed by atoms with Crippen LogP contribution in [0.25, 0.3) is 33.4 Å². The number of nitrogens with zero attached hydrogens (tertiary/aromatic N) is 9. The summed E-state index contributed by atoms with van der Waals surface area (Å²) in [7, 11) is 0.792. The molecule has 4 aromatic rings. The Labute approximate surface area is 275 Å². The van der Waals surface area contributed by atoms with E-state index >= 15 is 0 Å². The van der Waals surface area contributed by atoms with Crippen LogP contribution in [0.4, 0.5) is 10.6 Å². The molecule has 3 aliphatic heterocycles. The summed E-state index contributed by atoms with van der Waals surface area (Å²) >= 11 is 0. The minimum atomic E-state index is -1.24. The topological polar surface area (TPSA) is 137 Å². The number of benzene rings is 1. The fourth-order valence-electron chi connectivity index (χ4n) is 7.33. The Balaban J connectivity index is 1.17. The molecule has 6 heterocycles. The van der Waals surface area contributed by atoms with Crippen molar-refractivity contribution in [2.75, 3.05) is 25.2 Å². The quantitative estimate of drug-likeness (QED) is 0.163. The maximum atomic E-state index is 11.8. The number of hydrogen-bond acceptors (Lipinski definition) is 9. The number of carboxylic acid groups (broad SMARTS) is 1. The van der Waals surface area contributed by atoms with Gasteiger partial charge < -0.3 is 24.4 Å². The zero-order chi connectivity index (χ0) is 32.7. The molecule has 1 amide bonds. The summed E-state index contributed by atoms with van der Waals surface area (Å²) in [6.07, 6.45) is 9.68. The van der Waals surface area contributed by atoms with E-state index in [1.807, 2.05) is 40.9 Å². The highest BCUT2D eigenvalue weighted by molar-refractivity contribution is 6.76. The Morgan fingerprint density at radius 1 is 1.04 bits per heavy atom. The third-order valence-corrected chi connectivity index (χ3v) is 11.7. The maximum Gasteiger partial charge on any atom is 0.407 e. The van der Waals surface area contributed by atoms with Gasteiger partial charge in [0.2, 0.25) is 0 Å². The number of aromatic nitrogens is 7. The first-order valence-electron chi connectivity index (χ1n) is 16.8. The highest BCUT2D eigenvalue weighted by atomic mass is 28.3. The molecule has 0 saturated carbocycles. The molecule has 1 aromatic carbocycles. The van der Waals surface area contributed by atoms with Gasteiger partial charge in [0, 0.05) is 69.3 Å². The van der Waals surface area contributed by atoms with Crippen molar-refractivity contribution in [1.82, 2.24) is 39.9 Å². The lowest BCUT2D eigenvalue weighted by atomic mass is 9.96. The molecule has 0 radical (unpaired) electrons. The van der Waals surface area contributed by atoms with Crippen molar-refractivity contribution in [2.45, 2.75) is 102 Å². The summed E-state index contributed by atoms with van der Waals surface area (Å²) in [6, 6.07) is 9.53. The van der Waals surface area contributed by atoms with Gasteiger partial charge in [0.15, 0.2) is 5.82 Å². The molecular weight excluding hydrogens is 615 g/mol. The largest absolute Gasteiger partial charge is 0.465 e. The summed E-state index contributed by atoms with van der Waals surface area (Å²) in [5, 5.41) is 32.9. The predicted octanol–water partition coefficient (Wildman–Crippen LogP) is 5.87. The van der Waals surface area contributed by atoms with Crippen LogP contribution in [0, 0.1) is 0 Å². The Morgan fingerprint density at radius 3 is 2.51 bits per heavy atom. The van der Waals surface area contributed by atoms with Gasteiger partial charge in [0.1, 0.15) is 24.0 Å². The summed E-state index contributed by atoms with van der Waals surface area (Å²) in [5.74, 6) is 0.772. The summed E-state index contributed by atoms with van der Waals surface area (Å²) < 4.78 is 15.8. The van der Waals surface area contributed by atoms with Crippen LogP contribution < -0.4 is 4.90 Å². The fourth-order valence-corrected chi connectivity index (χ4v) is 8.09. The average Bonchev–Trinajstić information content (AvgIpc) is 3.79. The van der Waals surface area contributed by atoms with Gasteiger partial charge in [-0.3, -0.25) is 0 Å². The van der Waals surface area contributed by atoms with Gasteiger partial charge >= 0.3 is 6.09 Å². The van der Waals surface area contributed by atoms with Crippen LogP contribution in [-0.4, -0.2) is 97.5 Å². The second-order valence-electron chi connectivity index (χ2n) is 14.4. The van der Waals surface area contributed by atoms with Crippen LogP contribution in [0.2, 0.25) is 25.7 Å². The number of rotatable bonds is 10. The highest BCUT2D eigenvalue weighted by Gasteiger charge is 2.44. The smallest absolute Gasteiger partial charge is 0.407 e. The maximum absolute atomic E-state index is 11.8. The highest BCUT2D eigenvalue weighted by Crippen LogP contribution is 2.39. The molecule has 1 unspecified atom stereocenters. The van der Waals surface area contributed by atoms with Crippen molar-refractivity contribution in [1.29, 1.82) is 0 Å². The predicted molar refractivity (Wildman–Crippen MR) is 181 cm³/mol. The Kier molecular flexibility index (Phi) is 8.74. The summed E-state index contributed by atoms with van der Waals surface area (Å²) in [5.41, 5.74) is 5.07. The van der Waals surface area contributed by atoms with Crippen molar-refractivity contribution >= 4 is 31.0 Å². The molecule has 2 bridgehead atoms. The number of ether oxygens (including phenoxy) is 2. The second-order valence-corrected chi connectivity index (χ2v) is 20.0. The molecule has 13 nitrogen and oxygen atoms in total. The Hall–Kier alpha value is -3.88. The average molecular weight is 660 g/mol. The number of hydrogen-bond donors (Lipinski definition) is 1. The van der Waals surface area contributed by atoms with Crippen LogP contribution in [-0.2, 0) is 16.2 Å². The molecule has 0 spiro atoms. The Morgan fingerprint density at radius 2 is 1.83 bits per heavy atom. The summed E-state index contributed by atoms with van der Waals surface area (Å²) in [6.45, 7) is 8.74. The molecule has 3 aliphatic rings. The van der Waals surface area contributed by atoms with E-state index in [4.69, 9.17) is 14.6 Å². The van der Waals surface area contributed by atoms with Crippen molar-refractivity contribution in [3.63, 3.8) is 0 Å². The first kappa shape index (κ1) is 31.7. The Bertz CT molecular complexity index is 1700. The first-order chi connectivity index (χ1) is 22.7.